The molecule has 1 saturated heterocycles. The first-order valence-electron chi connectivity index (χ1n) is 9.21. The van der Waals surface area contributed by atoms with Gasteiger partial charge in [0.25, 0.3) is 5.91 Å². The molecule has 1 aromatic carbocycles. The normalized spacial score (nSPS) is 15.2. The van der Waals surface area contributed by atoms with E-state index in [1.54, 1.807) is 24.0 Å². The lowest BCUT2D eigenvalue weighted by atomic mass is 10.3. The number of ether oxygens (including phenoxy) is 1. The highest BCUT2D eigenvalue weighted by Crippen LogP contribution is 2.31. The summed E-state index contributed by atoms with van der Waals surface area (Å²) in [6.45, 7) is 6.61. The van der Waals surface area contributed by atoms with E-state index in [-0.39, 0.29) is 5.91 Å². The molecule has 1 fully saturated rings. The fourth-order valence-corrected chi connectivity index (χ4v) is 4.43. The molecule has 28 heavy (non-hydrogen) atoms. The van der Waals surface area contributed by atoms with E-state index >= 15 is 0 Å². The van der Waals surface area contributed by atoms with E-state index in [4.69, 9.17) is 20.9 Å². The molecule has 3 aromatic rings. The van der Waals surface area contributed by atoms with E-state index < -0.39 is 0 Å². The molecule has 2 aromatic heterocycles. The zero-order valence-corrected chi connectivity index (χ0v) is 17.1. The predicted octanol–water partition coefficient (Wildman–Crippen LogP) is 3.62. The zero-order chi connectivity index (χ0) is 19.5. The van der Waals surface area contributed by atoms with Crippen molar-refractivity contribution in [1.82, 2.24) is 15.0 Å². The summed E-state index contributed by atoms with van der Waals surface area (Å²) in [5.74, 6) is 0.400. The minimum atomic E-state index is -0.205. The van der Waals surface area contributed by atoms with Crippen molar-refractivity contribution in [1.29, 1.82) is 0 Å². The Kier molecular flexibility index (Phi) is 5.91. The quantitative estimate of drug-likeness (QED) is 0.606. The van der Waals surface area contributed by atoms with Crippen LogP contribution in [0.5, 0.6) is 0 Å². The molecule has 0 unspecified atom stereocenters. The number of anilines is 1. The molecule has 1 aliphatic heterocycles. The predicted molar refractivity (Wildman–Crippen MR) is 109 cm³/mol. The molecule has 0 N–H and O–H groups in total. The van der Waals surface area contributed by atoms with Gasteiger partial charge in [0.1, 0.15) is 5.76 Å². The average Bonchev–Trinajstić information content (AvgIpc) is 3.31. The highest BCUT2D eigenvalue weighted by atomic mass is 35.5. The van der Waals surface area contributed by atoms with Gasteiger partial charge in [0.2, 0.25) is 0 Å². The van der Waals surface area contributed by atoms with E-state index in [1.807, 2.05) is 12.1 Å². The number of carbonyl (C=O) groups is 1. The monoisotopic (exact) mass is 420 g/mol. The van der Waals surface area contributed by atoms with Crippen molar-refractivity contribution in [3.8, 4) is 0 Å². The Hall–Kier alpha value is -2.00. The molecule has 0 aliphatic carbocycles. The third kappa shape index (κ3) is 4.35. The number of carbonyl (C=O) groups excluding carboxylic acids is 1. The van der Waals surface area contributed by atoms with E-state index in [1.165, 1.54) is 11.3 Å². The van der Waals surface area contributed by atoms with Crippen LogP contribution in [-0.2, 0) is 4.74 Å². The van der Waals surface area contributed by atoms with Gasteiger partial charge in [0.05, 0.1) is 23.4 Å². The Balaban J connectivity index is 1.55. The second kappa shape index (κ2) is 8.57. The van der Waals surface area contributed by atoms with Crippen LogP contribution < -0.4 is 4.90 Å². The first kappa shape index (κ1) is 19.3. The summed E-state index contributed by atoms with van der Waals surface area (Å²) in [6, 6.07) is 7.20. The van der Waals surface area contributed by atoms with E-state index in [0.29, 0.717) is 28.2 Å². The Morgan fingerprint density at radius 3 is 2.89 bits per heavy atom. The van der Waals surface area contributed by atoms with E-state index in [0.717, 1.165) is 49.5 Å². The van der Waals surface area contributed by atoms with Crippen molar-refractivity contribution >= 4 is 44.2 Å². The van der Waals surface area contributed by atoms with E-state index in [9.17, 15) is 4.79 Å². The summed E-state index contributed by atoms with van der Waals surface area (Å²) in [7, 11) is 0. The summed E-state index contributed by atoms with van der Waals surface area (Å²) in [5.41, 5.74) is 1.12. The Labute approximate surface area is 171 Å². The van der Waals surface area contributed by atoms with Gasteiger partial charge in [-0.15, -0.1) is 0 Å². The van der Waals surface area contributed by atoms with Crippen LogP contribution in [0.2, 0.25) is 5.02 Å². The number of nitrogens with zero attached hydrogens (tertiary/aromatic N) is 4. The van der Waals surface area contributed by atoms with Gasteiger partial charge < -0.3 is 9.26 Å². The molecule has 4 rings (SSSR count). The summed E-state index contributed by atoms with van der Waals surface area (Å²) >= 11 is 7.55. The van der Waals surface area contributed by atoms with Crippen molar-refractivity contribution in [3.63, 3.8) is 0 Å². The van der Waals surface area contributed by atoms with Gasteiger partial charge >= 0.3 is 0 Å². The number of halogens is 1. The summed E-state index contributed by atoms with van der Waals surface area (Å²) in [4.78, 5) is 21.8. The van der Waals surface area contributed by atoms with Gasteiger partial charge in [-0.2, -0.15) is 0 Å². The van der Waals surface area contributed by atoms with Crippen LogP contribution in [0.25, 0.3) is 10.2 Å². The number of rotatable bonds is 6. The number of fused-ring (bicyclic) bond motifs is 1. The standard InChI is InChI=1S/C19H21ClN4O3S/c1-13-11-16(22-27-13)18(25)24(6-2-5-23-7-9-26-10-8-23)19-21-15-4-3-14(20)12-17(15)28-19/h3-4,11-12H,2,5-10H2,1H3. The maximum atomic E-state index is 13.1. The van der Waals surface area contributed by atoms with Crippen molar-refractivity contribution in [2.24, 2.45) is 0 Å². The van der Waals surface area contributed by atoms with Gasteiger partial charge in [0.15, 0.2) is 10.8 Å². The van der Waals surface area contributed by atoms with Crippen molar-refractivity contribution < 1.29 is 14.1 Å². The number of morpholine rings is 1. The maximum absolute atomic E-state index is 13.1. The molecular weight excluding hydrogens is 400 g/mol. The SMILES string of the molecule is Cc1cc(C(=O)N(CCCN2CCOCC2)c2nc3ccc(Cl)cc3s2)no1. The fourth-order valence-electron chi connectivity index (χ4n) is 3.17. The summed E-state index contributed by atoms with van der Waals surface area (Å²) in [5, 5.41) is 5.19. The van der Waals surface area contributed by atoms with Crippen molar-refractivity contribution in [2.45, 2.75) is 13.3 Å². The van der Waals surface area contributed by atoms with E-state index in [2.05, 4.69) is 15.0 Å². The lowest BCUT2D eigenvalue weighted by molar-refractivity contribution is 0.0376. The largest absolute Gasteiger partial charge is 0.379 e. The molecule has 0 atom stereocenters. The molecule has 1 amide bonds. The molecule has 148 valence electrons. The lowest BCUT2D eigenvalue weighted by Crippen LogP contribution is -2.39. The number of amides is 1. The second-order valence-corrected chi connectivity index (χ2v) is 8.14. The third-order valence-electron chi connectivity index (χ3n) is 4.62. The molecule has 0 bridgehead atoms. The summed E-state index contributed by atoms with van der Waals surface area (Å²) < 4.78 is 11.4. The Morgan fingerprint density at radius 1 is 1.32 bits per heavy atom. The molecule has 0 saturated carbocycles. The molecule has 0 radical (unpaired) electrons. The smallest absolute Gasteiger partial charge is 0.282 e. The Bertz CT molecular complexity index is 967. The molecule has 1 aliphatic rings. The number of aryl methyl sites for hydroxylation is 1. The van der Waals surface area contributed by atoms with Crippen LogP contribution in [0.1, 0.15) is 22.7 Å². The van der Waals surface area contributed by atoms with Crippen LogP contribution in [0.4, 0.5) is 5.13 Å². The van der Waals surface area contributed by atoms with Crippen LogP contribution in [0.3, 0.4) is 0 Å². The van der Waals surface area contributed by atoms with Crippen LogP contribution in [0.15, 0.2) is 28.8 Å². The van der Waals surface area contributed by atoms with Gasteiger partial charge in [-0.05, 0) is 31.5 Å². The highest BCUT2D eigenvalue weighted by Gasteiger charge is 2.24. The number of hydrogen-bond acceptors (Lipinski definition) is 7. The van der Waals surface area contributed by atoms with Crippen LogP contribution in [-0.4, -0.2) is 60.3 Å². The lowest BCUT2D eigenvalue weighted by Gasteiger charge is -2.27. The number of thiazole rings is 1. The first-order chi connectivity index (χ1) is 13.6. The first-order valence-corrected chi connectivity index (χ1v) is 10.4. The third-order valence-corrected chi connectivity index (χ3v) is 5.90. The van der Waals surface area contributed by atoms with Gasteiger partial charge in [-0.25, -0.2) is 4.98 Å². The Morgan fingerprint density at radius 2 is 2.14 bits per heavy atom. The summed E-state index contributed by atoms with van der Waals surface area (Å²) in [6.07, 6.45) is 0.833. The van der Waals surface area contributed by atoms with Crippen LogP contribution in [0, 0.1) is 6.92 Å². The van der Waals surface area contributed by atoms with Crippen LogP contribution >= 0.6 is 22.9 Å². The number of hydrogen-bond donors (Lipinski definition) is 0. The number of benzene rings is 1. The molecule has 7 nitrogen and oxygen atoms in total. The minimum absolute atomic E-state index is 0.205. The molecule has 9 heteroatoms. The minimum Gasteiger partial charge on any atom is -0.379 e. The average molecular weight is 421 g/mol. The van der Waals surface area contributed by atoms with Gasteiger partial charge in [0, 0.05) is 37.3 Å². The molecule has 3 heterocycles. The van der Waals surface area contributed by atoms with Gasteiger partial charge in [-0.3, -0.25) is 14.6 Å². The highest BCUT2D eigenvalue weighted by molar-refractivity contribution is 7.22. The topological polar surface area (TPSA) is 71.7 Å². The zero-order valence-electron chi connectivity index (χ0n) is 15.6. The maximum Gasteiger partial charge on any atom is 0.282 e. The number of aromatic nitrogens is 2. The molecular formula is C19H21ClN4O3S. The van der Waals surface area contributed by atoms with Gasteiger partial charge in [-0.1, -0.05) is 28.1 Å². The molecule has 0 spiro atoms. The van der Waals surface area contributed by atoms with Crippen molar-refractivity contribution in [3.05, 3.63) is 40.7 Å². The fraction of sp³-hybridized carbons (Fsp3) is 0.421. The van der Waals surface area contributed by atoms with Crippen molar-refractivity contribution in [2.75, 3.05) is 44.3 Å². The second-order valence-electron chi connectivity index (χ2n) is 6.70.